The number of Topliss-reactive ketones (excluding diaryl/α,β-unsaturated/α-hetero) is 1. The lowest BCUT2D eigenvalue weighted by Crippen LogP contribution is -2.29. The highest BCUT2D eigenvalue weighted by Crippen LogP contribution is 2.15. The Morgan fingerprint density at radius 3 is 2.61 bits per heavy atom. The van der Waals surface area contributed by atoms with Crippen LogP contribution in [0.2, 0.25) is 0 Å². The molecule has 1 saturated heterocycles. The normalized spacial score (nSPS) is 20.0. The minimum Gasteiger partial charge on any atom is -0.497 e. The summed E-state index contributed by atoms with van der Waals surface area (Å²) in [5.41, 5.74) is 0.733. The summed E-state index contributed by atoms with van der Waals surface area (Å²) < 4.78 is 10.4. The molecule has 1 aliphatic heterocycles. The minimum atomic E-state index is 0.148. The summed E-state index contributed by atoms with van der Waals surface area (Å²) in [7, 11) is 3.34. The number of ketones is 1. The topological polar surface area (TPSA) is 38.8 Å². The fourth-order valence-electron chi connectivity index (χ4n) is 2.20. The van der Waals surface area contributed by atoms with Crippen molar-refractivity contribution >= 4 is 5.78 Å². The minimum absolute atomic E-state index is 0.148. The van der Waals surface area contributed by atoms with Crippen molar-refractivity contribution in [3.05, 3.63) is 29.8 Å². The molecule has 2 rings (SSSR count). The number of nitrogens with zero attached hydrogens (tertiary/aromatic N) is 1. The Morgan fingerprint density at radius 2 is 2.06 bits per heavy atom. The van der Waals surface area contributed by atoms with E-state index >= 15 is 0 Å². The second-order valence-electron chi connectivity index (χ2n) is 4.53. The standard InChI is InChI=1S/C14H19NO3/c1-17-12-5-3-11(4-6-12)14(16)10-15-8-7-13(9-15)18-2/h3-6,13H,7-10H2,1-2H3. The molecule has 0 bridgehead atoms. The highest BCUT2D eigenvalue weighted by atomic mass is 16.5. The van der Waals surface area contributed by atoms with Gasteiger partial charge in [-0.05, 0) is 30.7 Å². The maximum atomic E-state index is 12.1. The monoisotopic (exact) mass is 249 g/mol. The summed E-state index contributed by atoms with van der Waals surface area (Å²) in [6.07, 6.45) is 1.28. The second-order valence-corrected chi connectivity index (χ2v) is 4.53. The third-order valence-corrected chi connectivity index (χ3v) is 3.34. The van der Waals surface area contributed by atoms with Gasteiger partial charge in [0.1, 0.15) is 5.75 Å². The van der Waals surface area contributed by atoms with Gasteiger partial charge in [0.2, 0.25) is 0 Å². The second kappa shape index (κ2) is 5.98. The van der Waals surface area contributed by atoms with Gasteiger partial charge in [-0.3, -0.25) is 9.69 Å². The summed E-state index contributed by atoms with van der Waals surface area (Å²) >= 11 is 0. The maximum Gasteiger partial charge on any atom is 0.176 e. The van der Waals surface area contributed by atoms with Gasteiger partial charge in [-0.2, -0.15) is 0 Å². The molecule has 18 heavy (non-hydrogen) atoms. The van der Waals surface area contributed by atoms with E-state index in [1.54, 1.807) is 14.2 Å². The number of carbonyl (C=O) groups is 1. The fourth-order valence-corrected chi connectivity index (χ4v) is 2.20. The van der Waals surface area contributed by atoms with E-state index in [1.165, 1.54) is 0 Å². The molecule has 1 aromatic rings. The third kappa shape index (κ3) is 3.09. The van der Waals surface area contributed by atoms with E-state index in [0.717, 1.165) is 30.8 Å². The highest BCUT2D eigenvalue weighted by molar-refractivity contribution is 5.97. The summed E-state index contributed by atoms with van der Waals surface area (Å²) in [6.45, 7) is 2.24. The highest BCUT2D eigenvalue weighted by Gasteiger charge is 2.23. The van der Waals surface area contributed by atoms with Gasteiger partial charge in [0.15, 0.2) is 5.78 Å². The number of rotatable bonds is 5. The molecule has 1 aromatic carbocycles. The number of methoxy groups -OCH3 is 2. The van der Waals surface area contributed by atoms with Crippen LogP contribution in [0.4, 0.5) is 0 Å². The van der Waals surface area contributed by atoms with Crippen molar-refractivity contribution in [3.8, 4) is 5.75 Å². The zero-order valence-corrected chi connectivity index (χ0v) is 10.9. The summed E-state index contributed by atoms with van der Waals surface area (Å²) in [6, 6.07) is 7.25. The lowest BCUT2D eigenvalue weighted by Gasteiger charge is -2.14. The van der Waals surface area contributed by atoms with Crippen LogP contribution in [-0.2, 0) is 4.74 Å². The first-order valence-corrected chi connectivity index (χ1v) is 6.15. The first-order valence-electron chi connectivity index (χ1n) is 6.15. The lowest BCUT2D eigenvalue weighted by atomic mass is 10.1. The van der Waals surface area contributed by atoms with Gasteiger partial charge < -0.3 is 9.47 Å². The van der Waals surface area contributed by atoms with Crippen LogP contribution in [0.5, 0.6) is 5.75 Å². The molecule has 1 atom stereocenters. The molecule has 0 aromatic heterocycles. The zero-order valence-electron chi connectivity index (χ0n) is 10.9. The Labute approximate surface area is 107 Å². The Morgan fingerprint density at radius 1 is 1.33 bits per heavy atom. The molecule has 1 heterocycles. The summed E-state index contributed by atoms with van der Waals surface area (Å²) in [5.74, 6) is 0.918. The zero-order chi connectivity index (χ0) is 13.0. The van der Waals surface area contributed by atoms with Gasteiger partial charge in [-0.15, -0.1) is 0 Å². The van der Waals surface area contributed by atoms with Crippen LogP contribution < -0.4 is 4.74 Å². The largest absolute Gasteiger partial charge is 0.497 e. The maximum absolute atomic E-state index is 12.1. The van der Waals surface area contributed by atoms with Crippen LogP contribution >= 0.6 is 0 Å². The molecule has 1 unspecified atom stereocenters. The molecule has 4 heteroatoms. The molecule has 0 N–H and O–H groups in total. The molecule has 1 fully saturated rings. The van der Waals surface area contributed by atoms with Gasteiger partial charge in [-0.1, -0.05) is 0 Å². The lowest BCUT2D eigenvalue weighted by molar-refractivity contribution is 0.0899. The number of benzene rings is 1. The van der Waals surface area contributed by atoms with Gasteiger partial charge in [0.05, 0.1) is 19.8 Å². The van der Waals surface area contributed by atoms with E-state index in [0.29, 0.717) is 6.54 Å². The number of hydrogen-bond donors (Lipinski definition) is 0. The van der Waals surface area contributed by atoms with Crippen molar-refractivity contribution in [1.82, 2.24) is 4.90 Å². The Kier molecular flexibility index (Phi) is 4.33. The average molecular weight is 249 g/mol. The molecule has 98 valence electrons. The van der Waals surface area contributed by atoms with Crippen molar-refractivity contribution < 1.29 is 14.3 Å². The molecule has 0 radical (unpaired) electrons. The molecule has 0 saturated carbocycles. The van der Waals surface area contributed by atoms with Crippen LogP contribution in [0.1, 0.15) is 16.8 Å². The van der Waals surface area contributed by atoms with Crippen molar-refractivity contribution in [2.24, 2.45) is 0 Å². The first kappa shape index (κ1) is 13.1. The fraction of sp³-hybridized carbons (Fsp3) is 0.500. The third-order valence-electron chi connectivity index (χ3n) is 3.34. The van der Waals surface area contributed by atoms with Crippen LogP contribution in [0.15, 0.2) is 24.3 Å². The van der Waals surface area contributed by atoms with E-state index < -0.39 is 0 Å². The van der Waals surface area contributed by atoms with Gasteiger partial charge in [-0.25, -0.2) is 0 Å². The van der Waals surface area contributed by atoms with Gasteiger partial charge in [0.25, 0.3) is 0 Å². The Hall–Kier alpha value is -1.39. The number of ether oxygens (including phenoxy) is 2. The number of hydrogen-bond acceptors (Lipinski definition) is 4. The molecule has 4 nitrogen and oxygen atoms in total. The van der Waals surface area contributed by atoms with E-state index in [9.17, 15) is 4.79 Å². The SMILES string of the molecule is COc1ccc(C(=O)CN2CCC(OC)C2)cc1. The number of likely N-dealkylation sites (tertiary alicyclic amines) is 1. The average Bonchev–Trinajstić information content (AvgIpc) is 2.86. The predicted octanol–water partition coefficient (Wildman–Crippen LogP) is 1.60. The molecular weight excluding hydrogens is 230 g/mol. The van der Waals surface area contributed by atoms with Gasteiger partial charge >= 0.3 is 0 Å². The molecule has 0 spiro atoms. The van der Waals surface area contributed by atoms with Crippen molar-refractivity contribution in [2.75, 3.05) is 33.9 Å². The predicted molar refractivity (Wildman–Crippen MR) is 69.2 cm³/mol. The van der Waals surface area contributed by atoms with Crippen molar-refractivity contribution in [2.45, 2.75) is 12.5 Å². The summed E-state index contributed by atoms with van der Waals surface area (Å²) in [5, 5.41) is 0. The molecule has 1 aliphatic rings. The Balaban J connectivity index is 1.91. The smallest absolute Gasteiger partial charge is 0.176 e. The quantitative estimate of drug-likeness (QED) is 0.743. The van der Waals surface area contributed by atoms with Crippen LogP contribution in [-0.4, -0.2) is 50.6 Å². The first-order chi connectivity index (χ1) is 8.72. The van der Waals surface area contributed by atoms with Gasteiger partial charge in [0, 0.05) is 25.8 Å². The van der Waals surface area contributed by atoms with Crippen molar-refractivity contribution in [3.63, 3.8) is 0 Å². The van der Waals surface area contributed by atoms with Crippen LogP contribution in [0.3, 0.4) is 0 Å². The van der Waals surface area contributed by atoms with Crippen LogP contribution in [0.25, 0.3) is 0 Å². The molecule has 0 aliphatic carbocycles. The van der Waals surface area contributed by atoms with Crippen molar-refractivity contribution in [1.29, 1.82) is 0 Å². The molecule has 0 amide bonds. The van der Waals surface area contributed by atoms with Crippen LogP contribution in [0, 0.1) is 0 Å². The summed E-state index contributed by atoms with van der Waals surface area (Å²) in [4.78, 5) is 14.2. The Bertz CT molecular complexity index is 402. The van der Waals surface area contributed by atoms with E-state index in [4.69, 9.17) is 9.47 Å². The number of carbonyl (C=O) groups excluding carboxylic acids is 1. The van der Waals surface area contributed by atoms with E-state index in [1.807, 2.05) is 24.3 Å². The van der Waals surface area contributed by atoms with E-state index in [2.05, 4.69) is 4.90 Å². The van der Waals surface area contributed by atoms with E-state index in [-0.39, 0.29) is 11.9 Å². The molecular formula is C14H19NO3.